The first-order valence-corrected chi connectivity index (χ1v) is 11.0. The normalized spacial score (nSPS) is 10.8. The SMILES string of the molecule is COc1ccccc1NS(=O)(=O)c1cc(C(=O)Nc2cccc(C#N)c2)c(Cl)cc1Cl. The molecule has 1 amide bonds. The zero-order valence-corrected chi connectivity index (χ0v) is 18.3. The van der Waals surface area contributed by atoms with Crippen LogP contribution in [-0.4, -0.2) is 21.4 Å². The quantitative estimate of drug-likeness (QED) is 0.525. The van der Waals surface area contributed by atoms with E-state index in [1.165, 1.54) is 25.3 Å². The van der Waals surface area contributed by atoms with Gasteiger partial charge in [0.25, 0.3) is 15.9 Å². The molecule has 0 atom stereocenters. The molecule has 0 aliphatic carbocycles. The second-order valence-electron chi connectivity index (χ2n) is 6.21. The van der Waals surface area contributed by atoms with Gasteiger partial charge >= 0.3 is 0 Å². The molecule has 0 radical (unpaired) electrons. The van der Waals surface area contributed by atoms with Gasteiger partial charge in [0.2, 0.25) is 0 Å². The predicted molar refractivity (Wildman–Crippen MR) is 119 cm³/mol. The number of amides is 1. The molecule has 0 fully saturated rings. The summed E-state index contributed by atoms with van der Waals surface area (Å²) in [6, 6.07) is 16.9. The molecular weight excluding hydrogens is 461 g/mol. The van der Waals surface area contributed by atoms with Crippen molar-refractivity contribution in [3.63, 3.8) is 0 Å². The third-order valence-corrected chi connectivity index (χ3v) is 6.30. The molecule has 0 aliphatic heterocycles. The summed E-state index contributed by atoms with van der Waals surface area (Å²) in [5, 5.41) is 11.4. The van der Waals surface area contributed by atoms with E-state index in [1.54, 1.807) is 36.4 Å². The number of carbonyl (C=O) groups excluding carboxylic acids is 1. The molecule has 0 unspecified atom stereocenters. The van der Waals surface area contributed by atoms with Gasteiger partial charge in [-0.15, -0.1) is 0 Å². The van der Waals surface area contributed by atoms with Crippen LogP contribution in [0, 0.1) is 11.3 Å². The van der Waals surface area contributed by atoms with Crippen LogP contribution in [0.4, 0.5) is 11.4 Å². The Morgan fingerprint density at radius 3 is 2.48 bits per heavy atom. The number of halogens is 2. The average Bonchev–Trinajstić information content (AvgIpc) is 2.73. The number of carbonyl (C=O) groups is 1. The highest BCUT2D eigenvalue weighted by Gasteiger charge is 2.24. The number of rotatable bonds is 6. The van der Waals surface area contributed by atoms with Gasteiger partial charge in [0.1, 0.15) is 10.6 Å². The van der Waals surface area contributed by atoms with E-state index in [2.05, 4.69) is 10.0 Å². The minimum Gasteiger partial charge on any atom is -0.495 e. The highest BCUT2D eigenvalue weighted by Crippen LogP contribution is 2.32. The summed E-state index contributed by atoms with van der Waals surface area (Å²) in [6.07, 6.45) is 0. The lowest BCUT2D eigenvalue weighted by Gasteiger charge is -2.14. The van der Waals surface area contributed by atoms with Gasteiger partial charge in [-0.25, -0.2) is 8.42 Å². The second kappa shape index (κ2) is 9.27. The van der Waals surface area contributed by atoms with Crippen molar-refractivity contribution in [3.8, 4) is 11.8 Å². The van der Waals surface area contributed by atoms with E-state index in [4.69, 9.17) is 33.2 Å². The molecule has 0 aliphatic rings. The summed E-state index contributed by atoms with van der Waals surface area (Å²) in [7, 11) is -2.77. The Labute approximate surface area is 189 Å². The highest BCUT2D eigenvalue weighted by molar-refractivity contribution is 7.92. The third-order valence-electron chi connectivity index (χ3n) is 4.16. The fraction of sp³-hybridized carbons (Fsp3) is 0.0476. The Balaban J connectivity index is 1.96. The Bertz CT molecular complexity index is 1300. The van der Waals surface area contributed by atoms with E-state index in [0.29, 0.717) is 17.0 Å². The molecular formula is C21H15Cl2N3O4S. The molecule has 2 N–H and O–H groups in total. The smallest absolute Gasteiger partial charge is 0.263 e. The number of nitrogens with one attached hydrogen (secondary N) is 2. The number of hydrogen-bond donors (Lipinski definition) is 2. The molecule has 0 saturated carbocycles. The largest absolute Gasteiger partial charge is 0.495 e. The minimum atomic E-state index is -4.18. The molecule has 0 saturated heterocycles. The summed E-state index contributed by atoms with van der Waals surface area (Å²) in [5.74, 6) is -0.350. The van der Waals surface area contributed by atoms with Crippen LogP contribution in [0.5, 0.6) is 5.75 Å². The zero-order valence-electron chi connectivity index (χ0n) is 16.0. The number of sulfonamides is 1. The number of anilines is 2. The van der Waals surface area contributed by atoms with E-state index in [-0.39, 0.29) is 26.2 Å². The predicted octanol–water partition coefficient (Wildman–Crippen LogP) is 4.93. The van der Waals surface area contributed by atoms with E-state index in [1.807, 2.05) is 6.07 Å². The fourth-order valence-electron chi connectivity index (χ4n) is 2.70. The number of para-hydroxylation sites is 2. The maximum atomic E-state index is 13.0. The van der Waals surface area contributed by atoms with Gasteiger partial charge in [0, 0.05) is 5.69 Å². The van der Waals surface area contributed by atoms with Crippen LogP contribution in [0.25, 0.3) is 0 Å². The topological polar surface area (TPSA) is 108 Å². The van der Waals surface area contributed by atoms with Crippen LogP contribution in [0.2, 0.25) is 10.0 Å². The van der Waals surface area contributed by atoms with E-state index < -0.39 is 15.9 Å². The number of benzene rings is 3. The lowest BCUT2D eigenvalue weighted by Crippen LogP contribution is -2.17. The number of ether oxygens (including phenoxy) is 1. The van der Waals surface area contributed by atoms with Crippen LogP contribution in [0.1, 0.15) is 15.9 Å². The van der Waals surface area contributed by atoms with Gasteiger partial charge in [-0.2, -0.15) is 5.26 Å². The maximum absolute atomic E-state index is 13.0. The number of nitrogens with zero attached hydrogens (tertiary/aromatic N) is 1. The Morgan fingerprint density at radius 1 is 1.03 bits per heavy atom. The van der Waals surface area contributed by atoms with Crippen molar-refractivity contribution in [2.45, 2.75) is 4.90 Å². The monoisotopic (exact) mass is 475 g/mol. The molecule has 0 aromatic heterocycles. The summed E-state index contributed by atoms with van der Waals surface area (Å²) < 4.78 is 33.5. The van der Waals surface area contributed by atoms with Crippen LogP contribution >= 0.6 is 23.2 Å². The van der Waals surface area contributed by atoms with E-state index in [9.17, 15) is 13.2 Å². The molecule has 3 aromatic rings. The molecule has 10 heteroatoms. The first kappa shape index (κ1) is 22.4. The van der Waals surface area contributed by atoms with Gasteiger partial charge in [-0.05, 0) is 42.5 Å². The molecule has 158 valence electrons. The molecule has 31 heavy (non-hydrogen) atoms. The van der Waals surface area contributed by atoms with Crippen molar-refractivity contribution in [1.29, 1.82) is 5.26 Å². The van der Waals surface area contributed by atoms with Crippen LogP contribution < -0.4 is 14.8 Å². The van der Waals surface area contributed by atoms with Gasteiger partial charge < -0.3 is 10.1 Å². The number of methoxy groups -OCH3 is 1. The molecule has 0 heterocycles. The summed E-state index contributed by atoms with van der Waals surface area (Å²) in [4.78, 5) is 12.4. The maximum Gasteiger partial charge on any atom is 0.263 e. The van der Waals surface area contributed by atoms with Crippen molar-refractivity contribution in [1.82, 2.24) is 0 Å². The molecule has 0 bridgehead atoms. The lowest BCUT2D eigenvalue weighted by molar-refractivity contribution is 0.102. The Kier molecular flexibility index (Phi) is 6.71. The standard InChI is InChI=1S/C21H15Cl2N3O4S/c1-30-19-8-3-2-7-18(19)26-31(28,29)20-10-15(16(22)11-17(20)23)21(27)25-14-6-4-5-13(9-14)12-24/h2-11,26H,1H3,(H,25,27). The van der Waals surface area contributed by atoms with Gasteiger partial charge in [-0.3, -0.25) is 9.52 Å². The number of nitriles is 1. The number of hydrogen-bond acceptors (Lipinski definition) is 5. The molecule has 3 rings (SSSR count). The summed E-state index contributed by atoms with van der Waals surface area (Å²) in [5.41, 5.74) is 0.806. The van der Waals surface area contributed by atoms with Gasteiger partial charge in [0.05, 0.1) is 40.0 Å². The minimum absolute atomic E-state index is 0.0322. The molecule has 7 nitrogen and oxygen atoms in total. The van der Waals surface area contributed by atoms with Gasteiger partial charge in [-0.1, -0.05) is 41.4 Å². The van der Waals surface area contributed by atoms with Crippen LogP contribution in [0.3, 0.4) is 0 Å². The van der Waals surface area contributed by atoms with Crippen molar-refractivity contribution in [2.24, 2.45) is 0 Å². The summed E-state index contributed by atoms with van der Waals surface area (Å²) >= 11 is 12.3. The lowest BCUT2D eigenvalue weighted by atomic mass is 10.2. The zero-order chi connectivity index (χ0) is 22.6. The van der Waals surface area contributed by atoms with Crippen LogP contribution in [0.15, 0.2) is 65.6 Å². The van der Waals surface area contributed by atoms with Crippen LogP contribution in [-0.2, 0) is 10.0 Å². The van der Waals surface area contributed by atoms with Gasteiger partial charge in [0.15, 0.2) is 0 Å². The van der Waals surface area contributed by atoms with Crippen molar-refractivity contribution >= 4 is 50.5 Å². The fourth-order valence-corrected chi connectivity index (χ4v) is 4.63. The first-order valence-electron chi connectivity index (χ1n) is 8.71. The molecule has 0 spiro atoms. The van der Waals surface area contributed by atoms with E-state index in [0.717, 1.165) is 6.07 Å². The molecule has 3 aromatic carbocycles. The third kappa shape index (κ3) is 5.09. The summed E-state index contributed by atoms with van der Waals surface area (Å²) in [6.45, 7) is 0. The highest BCUT2D eigenvalue weighted by atomic mass is 35.5. The Morgan fingerprint density at radius 2 is 1.77 bits per heavy atom. The average molecular weight is 476 g/mol. The van der Waals surface area contributed by atoms with Crippen molar-refractivity contribution < 1.29 is 17.9 Å². The first-order chi connectivity index (χ1) is 14.7. The second-order valence-corrected chi connectivity index (χ2v) is 8.68. The van der Waals surface area contributed by atoms with Crippen molar-refractivity contribution in [2.75, 3.05) is 17.1 Å². The van der Waals surface area contributed by atoms with E-state index >= 15 is 0 Å². The van der Waals surface area contributed by atoms with Crippen molar-refractivity contribution in [3.05, 3.63) is 81.8 Å². The Hall–Kier alpha value is -3.25.